The van der Waals surface area contributed by atoms with Crippen molar-refractivity contribution in [3.8, 4) is 6.07 Å². The monoisotopic (exact) mass is 391 g/mol. The first-order chi connectivity index (χ1) is 13.7. The second kappa shape index (κ2) is 8.36. The summed E-state index contributed by atoms with van der Waals surface area (Å²) >= 11 is 1.54. The zero-order valence-corrected chi connectivity index (χ0v) is 17.1. The number of aromatic nitrogens is 1. The Hall–Kier alpha value is -2.32. The minimum atomic E-state index is 0.157. The van der Waals surface area contributed by atoms with Crippen LogP contribution in [0.3, 0.4) is 0 Å². The number of hydrogen-bond acceptors (Lipinski definition) is 4. The maximum atomic E-state index is 12.8. The molecule has 4 rings (SSSR count). The molecule has 2 heterocycles. The first-order valence-electron chi connectivity index (χ1n) is 10.1. The van der Waals surface area contributed by atoms with Crippen LogP contribution in [0.25, 0.3) is 0 Å². The van der Waals surface area contributed by atoms with Gasteiger partial charge in [0.05, 0.1) is 5.56 Å². The number of hydrogen-bond donors (Lipinski definition) is 0. The Kier molecular flexibility index (Phi) is 5.68. The molecule has 2 aliphatic rings. The number of anilines is 1. The average molecular weight is 392 g/mol. The summed E-state index contributed by atoms with van der Waals surface area (Å²) in [5.74, 6) is 1.46. The van der Waals surface area contributed by atoms with Gasteiger partial charge < -0.3 is 4.90 Å². The molecule has 0 saturated heterocycles. The number of amides is 1. The Labute approximate surface area is 171 Å². The number of benzene rings is 1. The van der Waals surface area contributed by atoms with Gasteiger partial charge in [0, 0.05) is 30.1 Å². The molecular weight excluding hydrogens is 366 g/mol. The van der Waals surface area contributed by atoms with Crippen LogP contribution in [0.15, 0.2) is 35.4 Å². The minimum Gasteiger partial charge on any atom is -0.312 e. The molecule has 0 bridgehead atoms. The molecule has 4 nitrogen and oxygen atoms in total. The Morgan fingerprint density at radius 2 is 2.18 bits per heavy atom. The Balaban J connectivity index is 1.42. The zero-order chi connectivity index (χ0) is 19.5. The van der Waals surface area contributed by atoms with Crippen molar-refractivity contribution in [1.82, 2.24) is 4.98 Å². The van der Waals surface area contributed by atoms with Crippen LogP contribution >= 0.6 is 11.8 Å². The van der Waals surface area contributed by atoms with Gasteiger partial charge in [-0.05, 0) is 61.3 Å². The van der Waals surface area contributed by atoms with Gasteiger partial charge in [0.2, 0.25) is 5.91 Å². The predicted molar refractivity (Wildman–Crippen MR) is 113 cm³/mol. The normalized spacial score (nSPS) is 18.1. The van der Waals surface area contributed by atoms with Crippen molar-refractivity contribution in [2.75, 3.05) is 17.2 Å². The molecular formula is C23H25N3OS. The van der Waals surface area contributed by atoms with Crippen molar-refractivity contribution in [2.45, 2.75) is 50.5 Å². The number of carbonyl (C=O) groups is 1. The van der Waals surface area contributed by atoms with Crippen molar-refractivity contribution in [3.63, 3.8) is 0 Å². The number of aryl methyl sites for hydroxylation is 2. The summed E-state index contributed by atoms with van der Waals surface area (Å²) in [4.78, 5) is 19.5. The van der Waals surface area contributed by atoms with Gasteiger partial charge in [0.25, 0.3) is 0 Å². The lowest BCUT2D eigenvalue weighted by atomic mass is 9.87. The van der Waals surface area contributed by atoms with Crippen LogP contribution in [0.5, 0.6) is 0 Å². The van der Waals surface area contributed by atoms with E-state index in [1.165, 1.54) is 22.9 Å². The third kappa shape index (κ3) is 3.93. The number of nitriles is 1. The Morgan fingerprint density at radius 1 is 1.32 bits per heavy atom. The zero-order valence-electron chi connectivity index (χ0n) is 16.3. The highest BCUT2D eigenvalue weighted by Crippen LogP contribution is 2.31. The number of fused-ring (bicyclic) bond motifs is 2. The van der Waals surface area contributed by atoms with E-state index < -0.39 is 0 Å². The van der Waals surface area contributed by atoms with Crippen LogP contribution in [-0.4, -0.2) is 23.2 Å². The molecule has 1 aromatic heterocycles. The lowest BCUT2D eigenvalue weighted by Gasteiger charge is -2.29. The summed E-state index contributed by atoms with van der Waals surface area (Å²) < 4.78 is 0. The summed E-state index contributed by atoms with van der Waals surface area (Å²) in [6, 6.07) is 12.5. The summed E-state index contributed by atoms with van der Waals surface area (Å²) in [5, 5.41) is 10.3. The maximum absolute atomic E-state index is 12.8. The van der Waals surface area contributed by atoms with Crippen molar-refractivity contribution < 1.29 is 4.79 Å². The molecule has 28 heavy (non-hydrogen) atoms. The number of thioether (sulfide) groups is 1. The van der Waals surface area contributed by atoms with Gasteiger partial charge in [-0.1, -0.05) is 25.1 Å². The summed E-state index contributed by atoms with van der Waals surface area (Å²) in [5.41, 5.74) is 5.32. The van der Waals surface area contributed by atoms with Crippen LogP contribution < -0.4 is 4.90 Å². The second-order valence-corrected chi connectivity index (χ2v) is 8.87. The minimum absolute atomic E-state index is 0.157. The van der Waals surface area contributed by atoms with Crippen molar-refractivity contribution in [2.24, 2.45) is 5.92 Å². The van der Waals surface area contributed by atoms with Crippen molar-refractivity contribution >= 4 is 23.4 Å². The van der Waals surface area contributed by atoms with E-state index in [0.717, 1.165) is 55.1 Å². The molecule has 0 spiro atoms. The molecule has 5 heteroatoms. The highest BCUT2D eigenvalue weighted by Gasteiger charge is 2.23. The third-order valence-electron chi connectivity index (χ3n) is 5.68. The number of nitrogens with zero attached hydrogens (tertiary/aromatic N) is 3. The van der Waals surface area contributed by atoms with E-state index in [4.69, 9.17) is 4.98 Å². The third-order valence-corrected chi connectivity index (χ3v) is 6.68. The van der Waals surface area contributed by atoms with Crippen LogP contribution in [0.4, 0.5) is 5.69 Å². The SMILES string of the molecule is CC1CCc2nc(SCCC(=O)N3CCCc4ccccc43)c(C#N)cc2C1. The van der Waals surface area contributed by atoms with Gasteiger partial charge in [-0.2, -0.15) is 5.26 Å². The average Bonchev–Trinajstić information content (AvgIpc) is 2.72. The molecule has 0 radical (unpaired) electrons. The standard InChI is InChI=1S/C23H25N3OS/c1-16-8-9-20-18(13-16)14-19(15-24)23(25-20)28-12-10-22(27)26-11-4-6-17-5-2-3-7-21(17)26/h2-3,5,7,14,16H,4,6,8-13H2,1H3. The molecule has 1 aromatic carbocycles. The fraction of sp³-hybridized carbons (Fsp3) is 0.435. The van der Waals surface area contributed by atoms with E-state index >= 15 is 0 Å². The molecule has 0 saturated carbocycles. The van der Waals surface area contributed by atoms with E-state index in [1.807, 2.05) is 29.2 Å². The first kappa shape index (κ1) is 19.0. The number of carbonyl (C=O) groups excluding carboxylic acids is 1. The quantitative estimate of drug-likeness (QED) is 0.718. The Bertz CT molecular complexity index is 934. The molecule has 1 amide bonds. The lowest BCUT2D eigenvalue weighted by Crippen LogP contribution is -2.35. The molecule has 1 aliphatic heterocycles. The second-order valence-electron chi connectivity index (χ2n) is 7.78. The molecule has 1 unspecified atom stereocenters. The number of para-hydroxylation sites is 1. The van der Waals surface area contributed by atoms with Crippen molar-refractivity contribution in [1.29, 1.82) is 5.26 Å². The van der Waals surface area contributed by atoms with Gasteiger partial charge in [-0.15, -0.1) is 11.8 Å². The summed E-state index contributed by atoms with van der Waals surface area (Å²) in [6.07, 6.45) is 5.66. The van der Waals surface area contributed by atoms with E-state index in [2.05, 4.69) is 19.1 Å². The largest absolute Gasteiger partial charge is 0.312 e. The highest BCUT2D eigenvalue weighted by molar-refractivity contribution is 7.99. The fourth-order valence-electron chi connectivity index (χ4n) is 4.18. The number of rotatable bonds is 4. The van der Waals surface area contributed by atoms with E-state index in [-0.39, 0.29) is 5.91 Å². The van der Waals surface area contributed by atoms with E-state index in [0.29, 0.717) is 23.7 Å². The van der Waals surface area contributed by atoms with Gasteiger partial charge in [0.1, 0.15) is 11.1 Å². The van der Waals surface area contributed by atoms with Crippen LogP contribution in [0, 0.1) is 17.2 Å². The van der Waals surface area contributed by atoms with Crippen LogP contribution in [0.2, 0.25) is 0 Å². The van der Waals surface area contributed by atoms with E-state index in [1.54, 1.807) is 0 Å². The lowest BCUT2D eigenvalue weighted by molar-refractivity contribution is -0.118. The van der Waals surface area contributed by atoms with Gasteiger partial charge in [-0.25, -0.2) is 4.98 Å². The van der Waals surface area contributed by atoms with Gasteiger partial charge >= 0.3 is 0 Å². The smallest absolute Gasteiger partial charge is 0.227 e. The molecule has 1 atom stereocenters. The van der Waals surface area contributed by atoms with Crippen LogP contribution in [0.1, 0.15) is 48.6 Å². The van der Waals surface area contributed by atoms with Gasteiger partial charge in [0.15, 0.2) is 0 Å². The molecule has 0 fully saturated rings. The molecule has 0 N–H and O–H groups in total. The first-order valence-corrected chi connectivity index (χ1v) is 11.1. The fourth-order valence-corrected chi connectivity index (χ4v) is 5.09. The Morgan fingerprint density at radius 3 is 3.04 bits per heavy atom. The van der Waals surface area contributed by atoms with Crippen molar-refractivity contribution in [3.05, 3.63) is 52.7 Å². The molecule has 2 aromatic rings. The van der Waals surface area contributed by atoms with Crippen LogP contribution in [-0.2, 0) is 24.1 Å². The summed E-state index contributed by atoms with van der Waals surface area (Å²) in [6.45, 7) is 3.04. The summed E-state index contributed by atoms with van der Waals surface area (Å²) in [7, 11) is 0. The number of pyridine rings is 1. The maximum Gasteiger partial charge on any atom is 0.227 e. The van der Waals surface area contributed by atoms with E-state index in [9.17, 15) is 10.1 Å². The molecule has 1 aliphatic carbocycles. The highest BCUT2D eigenvalue weighted by atomic mass is 32.2. The predicted octanol–water partition coefficient (Wildman–Crippen LogP) is 4.54. The van der Waals surface area contributed by atoms with Gasteiger partial charge in [-0.3, -0.25) is 4.79 Å². The molecule has 144 valence electrons. The topological polar surface area (TPSA) is 57.0 Å².